The van der Waals surface area contributed by atoms with Crippen LogP contribution in [0.15, 0.2) is 249 Å². The average Bonchev–Trinajstić information content (AvgIpc) is 3.94. The molecule has 0 atom stereocenters. The maximum absolute atomic E-state index is 5.33. The molecule has 0 aliphatic heterocycles. The molecule has 0 N–H and O–H groups in total. The lowest BCUT2D eigenvalue weighted by Gasteiger charge is -2.17. The lowest BCUT2D eigenvalue weighted by molar-refractivity contribution is 1.07. The minimum Gasteiger partial charge on any atom is -0.309 e. The monoisotopic (exact) mass is 867 g/mol. The minimum absolute atomic E-state index is 0.596. The summed E-state index contributed by atoms with van der Waals surface area (Å²) >= 11 is 0. The maximum Gasteiger partial charge on any atom is 0.164 e. The third kappa shape index (κ3) is 6.76. The zero-order valence-electron chi connectivity index (χ0n) is 36.9. The molecule has 13 rings (SSSR count). The highest BCUT2D eigenvalue weighted by Gasteiger charge is 2.20. The van der Waals surface area contributed by atoms with Gasteiger partial charge in [-0.1, -0.05) is 200 Å². The Balaban J connectivity index is 0.982. The van der Waals surface area contributed by atoms with Gasteiger partial charge in [-0.25, -0.2) is 15.0 Å². The second-order valence-electron chi connectivity index (χ2n) is 17.2. The Morgan fingerprint density at radius 2 is 0.618 bits per heavy atom. The first-order valence-electron chi connectivity index (χ1n) is 23.0. The molecule has 0 spiro atoms. The van der Waals surface area contributed by atoms with Crippen LogP contribution in [0.2, 0.25) is 0 Å². The first-order chi connectivity index (χ1) is 33.7. The number of fused-ring (bicyclic) bond motifs is 6. The van der Waals surface area contributed by atoms with E-state index in [1.165, 1.54) is 38.2 Å². The molecule has 13 aromatic rings. The molecule has 5 nitrogen and oxygen atoms in total. The number of hydrogen-bond acceptors (Lipinski definition) is 3. The van der Waals surface area contributed by atoms with Crippen LogP contribution in [0, 0.1) is 0 Å². The summed E-state index contributed by atoms with van der Waals surface area (Å²) in [6, 6.07) is 88.2. The molecule has 5 heteroatoms. The molecule has 0 aliphatic carbocycles. The summed E-state index contributed by atoms with van der Waals surface area (Å²) in [5, 5.41) is 4.83. The molecule has 0 saturated heterocycles. The predicted octanol–water partition coefficient (Wildman–Crippen LogP) is 16.1. The van der Waals surface area contributed by atoms with E-state index in [4.69, 9.17) is 15.0 Å². The highest BCUT2D eigenvalue weighted by Crippen LogP contribution is 2.40. The van der Waals surface area contributed by atoms with Crippen LogP contribution in [0.25, 0.3) is 123 Å². The fourth-order valence-corrected chi connectivity index (χ4v) is 9.97. The number of hydrogen-bond donors (Lipinski definition) is 0. The Hall–Kier alpha value is -9.19. The fourth-order valence-electron chi connectivity index (χ4n) is 9.97. The molecule has 0 fully saturated rings. The van der Waals surface area contributed by atoms with Crippen LogP contribution in [0.1, 0.15) is 0 Å². The van der Waals surface area contributed by atoms with Gasteiger partial charge in [-0.3, -0.25) is 0 Å². The zero-order valence-corrected chi connectivity index (χ0v) is 36.9. The quantitative estimate of drug-likeness (QED) is 0.153. The Morgan fingerprint density at radius 3 is 1.18 bits per heavy atom. The van der Waals surface area contributed by atoms with E-state index in [9.17, 15) is 0 Å². The average molecular weight is 868 g/mol. The molecular formula is C63H41N5. The van der Waals surface area contributed by atoms with Gasteiger partial charge < -0.3 is 9.13 Å². The van der Waals surface area contributed by atoms with E-state index in [2.05, 4.69) is 240 Å². The molecule has 68 heavy (non-hydrogen) atoms. The van der Waals surface area contributed by atoms with Gasteiger partial charge in [-0.05, 0) is 76.3 Å². The first kappa shape index (κ1) is 39.2. The smallest absolute Gasteiger partial charge is 0.164 e. The molecule has 10 aromatic carbocycles. The second kappa shape index (κ2) is 16.4. The van der Waals surface area contributed by atoms with Crippen LogP contribution in [0.3, 0.4) is 0 Å². The highest BCUT2D eigenvalue weighted by molar-refractivity contribution is 6.10. The number of aromatic nitrogens is 5. The van der Waals surface area contributed by atoms with Crippen LogP contribution in [0.5, 0.6) is 0 Å². The predicted molar refractivity (Wildman–Crippen MR) is 281 cm³/mol. The molecule has 0 radical (unpaired) electrons. The molecule has 0 unspecified atom stereocenters. The Kier molecular flexibility index (Phi) is 9.43. The van der Waals surface area contributed by atoms with Gasteiger partial charge in [-0.15, -0.1) is 0 Å². The van der Waals surface area contributed by atoms with Crippen molar-refractivity contribution >= 4 is 43.6 Å². The summed E-state index contributed by atoms with van der Waals surface area (Å²) in [5.41, 5.74) is 16.3. The molecule has 3 heterocycles. The lowest BCUT2D eigenvalue weighted by atomic mass is 9.96. The molecule has 0 aliphatic rings. The molecule has 318 valence electrons. The summed E-state index contributed by atoms with van der Waals surface area (Å²) in [6.45, 7) is 0. The summed E-state index contributed by atoms with van der Waals surface area (Å²) in [5.74, 6) is 1.81. The van der Waals surface area contributed by atoms with Crippen molar-refractivity contribution in [1.29, 1.82) is 0 Å². The first-order valence-corrected chi connectivity index (χ1v) is 23.0. The summed E-state index contributed by atoms with van der Waals surface area (Å²) in [7, 11) is 0. The van der Waals surface area contributed by atoms with Gasteiger partial charge in [0.05, 0.1) is 27.8 Å². The summed E-state index contributed by atoms with van der Waals surface area (Å²) in [4.78, 5) is 15.8. The van der Waals surface area contributed by atoms with E-state index in [-0.39, 0.29) is 0 Å². The molecule has 0 bridgehead atoms. The van der Waals surface area contributed by atoms with E-state index in [0.29, 0.717) is 17.5 Å². The largest absolute Gasteiger partial charge is 0.309 e. The highest BCUT2D eigenvalue weighted by atomic mass is 15.0. The van der Waals surface area contributed by atoms with E-state index >= 15 is 0 Å². The topological polar surface area (TPSA) is 48.5 Å². The number of nitrogens with zero attached hydrogens (tertiary/aromatic N) is 5. The fraction of sp³-hybridized carbons (Fsp3) is 0. The number of benzene rings is 10. The molecule has 0 amide bonds. The van der Waals surface area contributed by atoms with E-state index in [1.54, 1.807) is 0 Å². The van der Waals surface area contributed by atoms with E-state index in [0.717, 1.165) is 66.8 Å². The second-order valence-corrected chi connectivity index (χ2v) is 17.2. The van der Waals surface area contributed by atoms with Crippen molar-refractivity contribution in [2.24, 2.45) is 0 Å². The van der Waals surface area contributed by atoms with Crippen LogP contribution < -0.4 is 0 Å². The van der Waals surface area contributed by atoms with Crippen LogP contribution >= 0.6 is 0 Å². The SMILES string of the molecule is c1ccc(-c2cccc(-c3ccc(-c4ccc(-c5nc(-c6ccccc6)nc(-c6cccc(-n7c8ccccc8c8ccccc87)c6)n5)cc4-n4c5ccccc5c5ccccc54)cc3)c2)cc1. The van der Waals surface area contributed by atoms with Crippen LogP contribution in [-0.2, 0) is 0 Å². The Labute approximate surface area is 393 Å². The molecular weight excluding hydrogens is 827 g/mol. The Bertz CT molecular complexity index is 3910. The van der Waals surface area contributed by atoms with Gasteiger partial charge in [-0.2, -0.15) is 0 Å². The van der Waals surface area contributed by atoms with Crippen LogP contribution in [0.4, 0.5) is 0 Å². The van der Waals surface area contributed by atoms with Gasteiger partial charge in [0.1, 0.15) is 0 Å². The standard InChI is InChI=1S/C63H41N5/c1-3-17-42(18-4-1)46-21-15-22-47(39-46)43-33-35-44(36-34-43)51-38-37-49(41-60(51)68-58-31-13-9-27-54(58)55-28-10-14-32-59(55)68)63-65-61(45-19-5-2-6-20-45)64-62(66-63)48-23-16-24-50(40-48)67-56-29-11-7-25-52(56)53-26-8-12-30-57(53)67/h1-41H. The van der Waals surface area contributed by atoms with Gasteiger partial charge >= 0.3 is 0 Å². The third-order valence-corrected chi connectivity index (χ3v) is 13.2. The van der Waals surface area contributed by atoms with Crippen molar-refractivity contribution in [3.63, 3.8) is 0 Å². The number of rotatable bonds is 8. The normalized spacial score (nSPS) is 11.5. The van der Waals surface area contributed by atoms with Crippen LogP contribution in [-0.4, -0.2) is 24.1 Å². The van der Waals surface area contributed by atoms with Crippen molar-refractivity contribution in [3.05, 3.63) is 249 Å². The van der Waals surface area contributed by atoms with Crippen molar-refractivity contribution in [2.45, 2.75) is 0 Å². The minimum atomic E-state index is 0.596. The summed E-state index contributed by atoms with van der Waals surface area (Å²) in [6.07, 6.45) is 0. The van der Waals surface area contributed by atoms with Crippen molar-refractivity contribution in [3.8, 4) is 78.9 Å². The molecule has 0 saturated carbocycles. The van der Waals surface area contributed by atoms with Crippen molar-refractivity contribution < 1.29 is 0 Å². The van der Waals surface area contributed by atoms with Gasteiger partial charge in [0, 0.05) is 49.5 Å². The van der Waals surface area contributed by atoms with Crippen molar-refractivity contribution in [1.82, 2.24) is 24.1 Å². The van der Waals surface area contributed by atoms with E-state index < -0.39 is 0 Å². The number of para-hydroxylation sites is 4. The van der Waals surface area contributed by atoms with Gasteiger partial charge in [0.2, 0.25) is 0 Å². The Morgan fingerprint density at radius 1 is 0.235 bits per heavy atom. The third-order valence-electron chi connectivity index (χ3n) is 13.2. The van der Waals surface area contributed by atoms with Gasteiger partial charge in [0.15, 0.2) is 17.5 Å². The van der Waals surface area contributed by atoms with Gasteiger partial charge in [0.25, 0.3) is 0 Å². The zero-order chi connectivity index (χ0) is 45.0. The van der Waals surface area contributed by atoms with Crippen molar-refractivity contribution in [2.75, 3.05) is 0 Å². The molecule has 3 aromatic heterocycles. The van der Waals surface area contributed by atoms with E-state index in [1.807, 2.05) is 18.2 Å². The lowest BCUT2D eigenvalue weighted by Crippen LogP contribution is -2.03. The summed E-state index contributed by atoms with van der Waals surface area (Å²) < 4.78 is 4.73. The maximum atomic E-state index is 5.33.